The van der Waals surface area contributed by atoms with Crippen molar-refractivity contribution in [1.82, 2.24) is 10.2 Å². The van der Waals surface area contributed by atoms with E-state index in [4.69, 9.17) is 0 Å². The van der Waals surface area contributed by atoms with Crippen molar-refractivity contribution in [3.63, 3.8) is 0 Å². The Kier molecular flexibility index (Phi) is 5.80. The molecule has 1 fully saturated rings. The van der Waals surface area contributed by atoms with E-state index in [0.717, 1.165) is 37.9 Å². The van der Waals surface area contributed by atoms with E-state index in [1.54, 1.807) is 0 Å². The Morgan fingerprint density at radius 3 is 2.29 bits per heavy atom. The fraction of sp³-hybridized carbons (Fsp3) is 0.611. The number of nitrogens with zero attached hydrogens (tertiary/aromatic N) is 1. The minimum atomic E-state index is 0.265. The third-order valence-electron chi connectivity index (χ3n) is 4.28. The van der Waals surface area contributed by atoms with Crippen LogP contribution in [0.4, 0.5) is 0 Å². The normalized spacial score (nSPS) is 16.5. The molecule has 1 saturated heterocycles. The van der Waals surface area contributed by atoms with Gasteiger partial charge in [-0.05, 0) is 43.4 Å². The molecule has 116 valence electrons. The Bertz CT molecular complexity index is 445. The molecule has 3 nitrogen and oxygen atoms in total. The maximum Gasteiger partial charge on any atom is 0.226 e. The zero-order valence-electron chi connectivity index (χ0n) is 13.6. The standard InChI is InChI=1S/C18H28N2O/c1-14(2)12-15-4-6-16(7-5-15)13-18(21)20-10-8-17(19-3)9-11-20/h4-7,14,17,19H,8-13H2,1-3H3. The first-order chi connectivity index (χ1) is 10.1. The van der Waals surface area contributed by atoms with Crippen LogP contribution in [0, 0.1) is 5.92 Å². The molecule has 1 heterocycles. The summed E-state index contributed by atoms with van der Waals surface area (Å²) in [5, 5.41) is 3.30. The van der Waals surface area contributed by atoms with E-state index in [2.05, 4.69) is 43.4 Å². The summed E-state index contributed by atoms with van der Waals surface area (Å²) in [7, 11) is 2.00. The lowest BCUT2D eigenvalue weighted by atomic mass is 10.0. The molecule has 3 heteroatoms. The number of piperidine rings is 1. The van der Waals surface area contributed by atoms with Crippen molar-refractivity contribution in [3.05, 3.63) is 35.4 Å². The molecule has 0 unspecified atom stereocenters. The van der Waals surface area contributed by atoms with E-state index in [1.807, 2.05) is 11.9 Å². The lowest BCUT2D eigenvalue weighted by Crippen LogP contribution is -2.44. The fourth-order valence-corrected chi connectivity index (χ4v) is 2.97. The number of rotatable bonds is 5. The number of hydrogen-bond donors (Lipinski definition) is 1. The van der Waals surface area contributed by atoms with Gasteiger partial charge in [0.15, 0.2) is 0 Å². The van der Waals surface area contributed by atoms with Crippen molar-refractivity contribution in [1.29, 1.82) is 0 Å². The summed E-state index contributed by atoms with van der Waals surface area (Å²) < 4.78 is 0. The van der Waals surface area contributed by atoms with E-state index in [1.165, 1.54) is 5.56 Å². The second-order valence-electron chi connectivity index (χ2n) is 6.53. The van der Waals surface area contributed by atoms with Crippen molar-refractivity contribution >= 4 is 5.91 Å². The molecule has 2 rings (SSSR count). The van der Waals surface area contributed by atoms with Crippen LogP contribution in [0.3, 0.4) is 0 Å². The highest BCUT2D eigenvalue weighted by molar-refractivity contribution is 5.78. The molecule has 0 spiro atoms. The van der Waals surface area contributed by atoms with Crippen molar-refractivity contribution in [2.75, 3.05) is 20.1 Å². The van der Waals surface area contributed by atoms with Crippen LogP contribution in [-0.4, -0.2) is 37.0 Å². The zero-order chi connectivity index (χ0) is 15.2. The van der Waals surface area contributed by atoms with Gasteiger partial charge in [0.25, 0.3) is 0 Å². The maximum atomic E-state index is 12.3. The summed E-state index contributed by atoms with van der Waals surface area (Å²) in [6, 6.07) is 9.11. The first-order valence-electron chi connectivity index (χ1n) is 8.11. The summed E-state index contributed by atoms with van der Waals surface area (Å²) >= 11 is 0. The summed E-state index contributed by atoms with van der Waals surface area (Å²) in [4.78, 5) is 14.3. The molecule has 0 atom stereocenters. The minimum absolute atomic E-state index is 0.265. The van der Waals surface area contributed by atoms with Crippen LogP contribution in [0.1, 0.15) is 37.8 Å². The van der Waals surface area contributed by atoms with Crippen LogP contribution in [0.5, 0.6) is 0 Å². The highest BCUT2D eigenvalue weighted by Gasteiger charge is 2.21. The molecule has 1 aromatic rings. The number of amides is 1. The monoisotopic (exact) mass is 288 g/mol. The fourth-order valence-electron chi connectivity index (χ4n) is 2.97. The smallest absolute Gasteiger partial charge is 0.226 e. The average Bonchev–Trinajstić information content (AvgIpc) is 2.49. The SMILES string of the molecule is CNC1CCN(C(=O)Cc2ccc(CC(C)C)cc2)CC1. The van der Waals surface area contributed by atoms with Crippen LogP contribution in [0.25, 0.3) is 0 Å². The second kappa shape index (κ2) is 7.60. The van der Waals surface area contributed by atoms with E-state index < -0.39 is 0 Å². The van der Waals surface area contributed by atoms with Gasteiger partial charge in [0.05, 0.1) is 6.42 Å². The zero-order valence-corrected chi connectivity index (χ0v) is 13.6. The van der Waals surface area contributed by atoms with E-state index >= 15 is 0 Å². The number of benzene rings is 1. The molecule has 0 radical (unpaired) electrons. The maximum absolute atomic E-state index is 12.3. The topological polar surface area (TPSA) is 32.3 Å². The minimum Gasteiger partial charge on any atom is -0.342 e. The Hall–Kier alpha value is -1.35. The molecule has 0 aliphatic carbocycles. The molecule has 1 aromatic carbocycles. The van der Waals surface area contributed by atoms with Gasteiger partial charge in [0, 0.05) is 19.1 Å². The Morgan fingerprint density at radius 2 is 1.76 bits per heavy atom. The van der Waals surface area contributed by atoms with Crippen molar-refractivity contribution in [2.24, 2.45) is 5.92 Å². The van der Waals surface area contributed by atoms with Gasteiger partial charge in [-0.3, -0.25) is 4.79 Å². The van der Waals surface area contributed by atoms with Crippen molar-refractivity contribution in [2.45, 2.75) is 45.6 Å². The van der Waals surface area contributed by atoms with Gasteiger partial charge in [-0.15, -0.1) is 0 Å². The first-order valence-corrected chi connectivity index (χ1v) is 8.11. The van der Waals surface area contributed by atoms with Crippen LogP contribution < -0.4 is 5.32 Å². The summed E-state index contributed by atoms with van der Waals surface area (Å²) in [5.41, 5.74) is 2.49. The van der Waals surface area contributed by atoms with Gasteiger partial charge >= 0.3 is 0 Å². The van der Waals surface area contributed by atoms with Gasteiger partial charge in [0.1, 0.15) is 0 Å². The van der Waals surface area contributed by atoms with Gasteiger partial charge in [-0.25, -0.2) is 0 Å². The van der Waals surface area contributed by atoms with Crippen molar-refractivity contribution < 1.29 is 4.79 Å². The number of hydrogen-bond acceptors (Lipinski definition) is 2. The van der Waals surface area contributed by atoms with E-state index in [0.29, 0.717) is 18.4 Å². The molecule has 1 N–H and O–H groups in total. The van der Waals surface area contributed by atoms with Gasteiger partial charge in [-0.2, -0.15) is 0 Å². The molecule has 0 bridgehead atoms. The lowest BCUT2D eigenvalue weighted by molar-refractivity contribution is -0.131. The summed E-state index contributed by atoms with van der Waals surface area (Å²) in [5.74, 6) is 0.937. The lowest BCUT2D eigenvalue weighted by Gasteiger charge is -2.31. The third kappa shape index (κ3) is 4.85. The largest absolute Gasteiger partial charge is 0.342 e. The number of likely N-dealkylation sites (tertiary alicyclic amines) is 1. The highest BCUT2D eigenvalue weighted by Crippen LogP contribution is 2.14. The Morgan fingerprint density at radius 1 is 1.19 bits per heavy atom. The number of carbonyl (C=O) groups is 1. The molecular weight excluding hydrogens is 260 g/mol. The van der Waals surface area contributed by atoms with Crippen LogP contribution in [-0.2, 0) is 17.6 Å². The molecule has 1 aliphatic rings. The van der Waals surface area contributed by atoms with Crippen LogP contribution >= 0.6 is 0 Å². The predicted octanol–water partition coefficient (Wildman–Crippen LogP) is 2.64. The van der Waals surface area contributed by atoms with E-state index in [9.17, 15) is 4.79 Å². The van der Waals surface area contributed by atoms with Crippen LogP contribution in [0.2, 0.25) is 0 Å². The quantitative estimate of drug-likeness (QED) is 0.903. The molecule has 1 amide bonds. The predicted molar refractivity (Wildman–Crippen MR) is 87.3 cm³/mol. The summed E-state index contributed by atoms with van der Waals surface area (Å²) in [6.45, 7) is 6.23. The van der Waals surface area contributed by atoms with Gasteiger partial charge < -0.3 is 10.2 Å². The summed E-state index contributed by atoms with van der Waals surface area (Å²) in [6.07, 6.45) is 3.77. The van der Waals surface area contributed by atoms with Crippen molar-refractivity contribution in [3.8, 4) is 0 Å². The third-order valence-corrected chi connectivity index (χ3v) is 4.28. The molecule has 0 aromatic heterocycles. The molecule has 0 saturated carbocycles. The second-order valence-corrected chi connectivity index (χ2v) is 6.53. The molecule has 21 heavy (non-hydrogen) atoms. The van der Waals surface area contributed by atoms with Gasteiger partial charge in [-0.1, -0.05) is 38.1 Å². The van der Waals surface area contributed by atoms with E-state index in [-0.39, 0.29) is 5.91 Å². The highest BCUT2D eigenvalue weighted by atomic mass is 16.2. The Balaban J connectivity index is 1.85. The molecule has 1 aliphatic heterocycles. The average molecular weight is 288 g/mol. The number of nitrogens with one attached hydrogen (secondary N) is 1. The van der Waals surface area contributed by atoms with Gasteiger partial charge in [0.2, 0.25) is 5.91 Å². The van der Waals surface area contributed by atoms with Crippen LogP contribution in [0.15, 0.2) is 24.3 Å². The first kappa shape index (κ1) is 16.0. The Labute approximate surface area is 128 Å². The number of carbonyl (C=O) groups excluding carboxylic acids is 1. The molecular formula is C18H28N2O.